The van der Waals surface area contributed by atoms with E-state index < -0.39 is 11.7 Å². The van der Waals surface area contributed by atoms with Gasteiger partial charge in [0.25, 0.3) is 0 Å². The van der Waals surface area contributed by atoms with Gasteiger partial charge in [0, 0.05) is 18.5 Å². The van der Waals surface area contributed by atoms with Gasteiger partial charge in [-0.25, -0.2) is 4.39 Å². The maximum absolute atomic E-state index is 13.4. The highest BCUT2D eigenvalue weighted by atomic mass is 35.5. The van der Waals surface area contributed by atoms with E-state index in [1.54, 1.807) is 6.07 Å². The zero-order chi connectivity index (χ0) is 15.0. The fourth-order valence-electron chi connectivity index (χ4n) is 2.77. The molecule has 1 aromatic carbocycles. The molecule has 0 radical (unpaired) electrons. The highest BCUT2D eigenvalue weighted by molar-refractivity contribution is 6.30. The Morgan fingerprint density at radius 3 is 2.95 bits per heavy atom. The van der Waals surface area contributed by atoms with E-state index in [2.05, 4.69) is 10.6 Å². The van der Waals surface area contributed by atoms with Crippen LogP contribution >= 0.6 is 11.6 Å². The fourth-order valence-corrected chi connectivity index (χ4v) is 2.89. The van der Waals surface area contributed by atoms with Crippen molar-refractivity contribution in [3.05, 3.63) is 34.6 Å². The second kappa shape index (κ2) is 5.64. The van der Waals surface area contributed by atoms with Crippen LogP contribution in [-0.4, -0.2) is 24.4 Å². The minimum absolute atomic E-state index is 0.0206. The summed E-state index contributed by atoms with van der Waals surface area (Å²) < 4.78 is 13.4. The minimum atomic E-state index is -0.595. The molecular weight excluding hydrogens is 295 g/mol. The van der Waals surface area contributed by atoms with E-state index in [1.807, 2.05) is 0 Å². The zero-order valence-corrected chi connectivity index (χ0v) is 12.1. The molecule has 1 saturated carbocycles. The first-order chi connectivity index (χ1) is 10.1. The Morgan fingerprint density at radius 1 is 1.43 bits per heavy atom. The van der Waals surface area contributed by atoms with Gasteiger partial charge in [-0.05, 0) is 37.0 Å². The number of piperidine rings is 1. The summed E-state index contributed by atoms with van der Waals surface area (Å²) in [7, 11) is 0. The first kappa shape index (κ1) is 14.3. The van der Waals surface area contributed by atoms with Gasteiger partial charge in [0.2, 0.25) is 11.8 Å². The number of amides is 2. The van der Waals surface area contributed by atoms with Gasteiger partial charge in [-0.3, -0.25) is 9.59 Å². The van der Waals surface area contributed by atoms with E-state index >= 15 is 0 Å². The monoisotopic (exact) mass is 310 g/mol. The molecule has 1 heterocycles. The van der Waals surface area contributed by atoms with Crippen LogP contribution < -0.4 is 10.6 Å². The van der Waals surface area contributed by atoms with Crippen LogP contribution in [0.25, 0.3) is 0 Å². The van der Waals surface area contributed by atoms with Gasteiger partial charge in [-0.2, -0.15) is 0 Å². The van der Waals surface area contributed by atoms with Crippen molar-refractivity contribution in [2.75, 3.05) is 6.54 Å². The van der Waals surface area contributed by atoms with Crippen molar-refractivity contribution in [2.45, 2.75) is 31.2 Å². The first-order valence-corrected chi connectivity index (χ1v) is 7.47. The summed E-state index contributed by atoms with van der Waals surface area (Å²) in [6.07, 6.45) is 2.17. The van der Waals surface area contributed by atoms with E-state index in [-0.39, 0.29) is 28.8 Å². The van der Waals surface area contributed by atoms with Gasteiger partial charge in [-0.15, -0.1) is 0 Å². The molecule has 1 aliphatic heterocycles. The SMILES string of the molecule is O=C1NCCC[C@@H]1C(=O)N[C@@H]1C[C@H]1c1ccc(Cl)c(F)c1. The molecule has 2 aliphatic rings. The van der Waals surface area contributed by atoms with Crippen molar-refractivity contribution >= 4 is 23.4 Å². The molecule has 0 unspecified atom stereocenters. The van der Waals surface area contributed by atoms with Crippen LogP contribution in [0.3, 0.4) is 0 Å². The normalized spacial score (nSPS) is 27.9. The maximum Gasteiger partial charge on any atom is 0.232 e. The predicted molar refractivity (Wildman–Crippen MR) is 76.4 cm³/mol. The van der Waals surface area contributed by atoms with Crippen molar-refractivity contribution in [3.8, 4) is 0 Å². The number of halogens is 2. The number of carbonyl (C=O) groups is 2. The van der Waals surface area contributed by atoms with Gasteiger partial charge in [-0.1, -0.05) is 17.7 Å². The number of nitrogens with one attached hydrogen (secondary N) is 2. The third kappa shape index (κ3) is 3.02. The van der Waals surface area contributed by atoms with Crippen molar-refractivity contribution < 1.29 is 14.0 Å². The summed E-state index contributed by atoms with van der Waals surface area (Å²) in [5, 5.41) is 5.68. The molecular formula is C15H16ClFN2O2. The van der Waals surface area contributed by atoms with Gasteiger partial charge >= 0.3 is 0 Å². The molecule has 1 saturated heterocycles. The molecule has 3 rings (SSSR count). The smallest absolute Gasteiger partial charge is 0.232 e. The molecule has 2 fully saturated rings. The highest BCUT2D eigenvalue weighted by Crippen LogP contribution is 2.41. The second-order valence-corrected chi connectivity index (χ2v) is 6.02. The molecule has 1 aromatic rings. The summed E-state index contributed by atoms with van der Waals surface area (Å²) >= 11 is 5.65. The fraction of sp³-hybridized carbons (Fsp3) is 0.467. The Morgan fingerprint density at radius 2 is 2.24 bits per heavy atom. The average molecular weight is 311 g/mol. The van der Waals surface area contributed by atoms with E-state index in [0.717, 1.165) is 18.4 Å². The lowest BCUT2D eigenvalue weighted by molar-refractivity contribution is -0.136. The van der Waals surface area contributed by atoms with E-state index in [4.69, 9.17) is 11.6 Å². The standard InChI is InChI=1S/C15H16ClFN2O2/c16-11-4-3-8(6-12(11)17)10-7-13(10)19-15(21)9-2-1-5-18-14(9)20/h3-4,6,9-10,13H,1-2,5,7H2,(H,18,20)(H,19,21)/t9-,10-,13+/m0/s1. The zero-order valence-electron chi connectivity index (χ0n) is 11.4. The summed E-state index contributed by atoms with van der Waals surface area (Å²) in [5.41, 5.74) is 0.829. The van der Waals surface area contributed by atoms with Crippen LogP contribution in [0.5, 0.6) is 0 Å². The van der Waals surface area contributed by atoms with Crippen molar-refractivity contribution in [2.24, 2.45) is 5.92 Å². The van der Waals surface area contributed by atoms with E-state index in [9.17, 15) is 14.0 Å². The summed E-state index contributed by atoms with van der Waals surface area (Å²) in [6, 6.07) is 4.69. The summed E-state index contributed by atoms with van der Waals surface area (Å²) in [6.45, 7) is 0.638. The Labute approximate surface area is 127 Å². The lowest BCUT2D eigenvalue weighted by Crippen LogP contribution is -2.45. The molecule has 0 spiro atoms. The molecule has 3 atom stereocenters. The number of hydrogen-bond acceptors (Lipinski definition) is 2. The van der Waals surface area contributed by atoms with E-state index in [0.29, 0.717) is 13.0 Å². The van der Waals surface area contributed by atoms with Crippen LogP contribution in [0, 0.1) is 11.7 Å². The average Bonchev–Trinajstić information content (AvgIpc) is 3.21. The van der Waals surface area contributed by atoms with Crippen LogP contribution in [0.4, 0.5) is 4.39 Å². The van der Waals surface area contributed by atoms with Crippen molar-refractivity contribution in [1.82, 2.24) is 10.6 Å². The van der Waals surface area contributed by atoms with Crippen LogP contribution in [0.15, 0.2) is 18.2 Å². The molecule has 21 heavy (non-hydrogen) atoms. The summed E-state index contributed by atoms with van der Waals surface area (Å²) in [5.74, 6) is -1.37. The molecule has 0 aromatic heterocycles. The number of benzene rings is 1. The quantitative estimate of drug-likeness (QED) is 0.839. The molecule has 0 bridgehead atoms. The van der Waals surface area contributed by atoms with Gasteiger partial charge in [0.15, 0.2) is 0 Å². The Hall–Kier alpha value is -1.62. The minimum Gasteiger partial charge on any atom is -0.355 e. The Kier molecular flexibility index (Phi) is 3.85. The lowest BCUT2D eigenvalue weighted by atomic mass is 9.98. The third-order valence-electron chi connectivity index (χ3n) is 4.09. The number of carbonyl (C=O) groups excluding carboxylic acids is 2. The van der Waals surface area contributed by atoms with Gasteiger partial charge in [0.1, 0.15) is 11.7 Å². The molecule has 4 nitrogen and oxygen atoms in total. The number of hydrogen-bond donors (Lipinski definition) is 2. The predicted octanol–water partition coefficient (Wildman–Crippen LogP) is 1.98. The topological polar surface area (TPSA) is 58.2 Å². The van der Waals surface area contributed by atoms with Crippen molar-refractivity contribution in [1.29, 1.82) is 0 Å². The molecule has 2 N–H and O–H groups in total. The Bertz CT molecular complexity index is 593. The van der Waals surface area contributed by atoms with Gasteiger partial charge in [0.05, 0.1) is 5.02 Å². The van der Waals surface area contributed by atoms with Crippen LogP contribution in [0.2, 0.25) is 5.02 Å². The number of rotatable bonds is 3. The molecule has 1 aliphatic carbocycles. The van der Waals surface area contributed by atoms with Crippen LogP contribution in [-0.2, 0) is 9.59 Å². The highest BCUT2D eigenvalue weighted by Gasteiger charge is 2.41. The largest absolute Gasteiger partial charge is 0.355 e. The molecule has 112 valence electrons. The van der Waals surface area contributed by atoms with Crippen molar-refractivity contribution in [3.63, 3.8) is 0 Å². The Balaban J connectivity index is 1.59. The summed E-state index contributed by atoms with van der Waals surface area (Å²) in [4.78, 5) is 23.7. The van der Waals surface area contributed by atoms with Crippen LogP contribution in [0.1, 0.15) is 30.7 Å². The molecule has 2 amide bonds. The lowest BCUT2D eigenvalue weighted by Gasteiger charge is -2.21. The van der Waals surface area contributed by atoms with Gasteiger partial charge < -0.3 is 10.6 Å². The van der Waals surface area contributed by atoms with E-state index in [1.165, 1.54) is 12.1 Å². The first-order valence-electron chi connectivity index (χ1n) is 7.09. The molecule has 6 heteroatoms. The third-order valence-corrected chi connectivity index (χ3v) is 4.40. The second-order valence-electron chi connectivity index (χ2n) is 5.62. The maximum atomic E-state index is 13.4.